The summed E-state index contributed by atoms with van der Waals surface area (Å²) in [6, 6.07) is 5.03. The van der Waals surface area contributed by atoms with Crippen molar-refractivity contribution < 1.29 is 5.11 Å². The number of hydrogen-bond donors (Lipinski definition) is 4. The monoisotopic (exact) mass is 217 g/mol. The van der Waals surface area contributed by atoms with E-state index in [1.54, 1.807) is 24.4 Å². The molecule has 0 spiro atoms. The lowest BCUT2D eigenvalue weighted by Gasteiger charge is -1.93. The molecule has 0 aliphatic rings. The summed E-state index contributed by atoms with van der Waals surface area (Å²) in [5, 5.41) is 17.4. The number of phenols is 1. The molecule has 0 aliphatic heterocycles. The number of nitrogens with zero attached hydrogens (tertiary/aromatic N) is 2. The number of phenolic OH excluding ortho intramolecular Hbond substituents is 1. The van der Waals surface area contributed by atoms with Crippen molar-refractivity contribution in [2.45, 2.75) is 0 Å². The first-order chi connectivity index (χ1) is 7.66. The van der Waals surface area contributed by atoms with Crippen LogP contribution in [-0.2, 0) is 0 Å². The van der Waals surface area contributed by atoms with Crippen molar-refractivity contribution in [1.82, 2.24) is 4.98 Å². The fourth-order valence-electron chi connectivity index (χ4n) is 1.39. The lowest BCUT2D eigenvalue weighted by molar-refractivity contribution is 0.476. The quantitative estimate of drug-likeness (QED) is 0.333. The van der Waals surface area contributed by atoms with Crippen LogP contribution < -0.4 is 11.5 Å². The van der Waals surface area contributed by atoms with Gasteiger partial charge in [-0.2, -0.15) is 5.10 Å². The van der Waals surface area contributed by atoms with E-state index in [9.17, 15) is 5.11 Å². The molecule has 0 bridgehead atoms. The third-order valence-corrected chi connectivity index (χ3v) is 2.07. The number of H-pyrrole nitrogens is 1. The third kappa shape index (κ3) is 1.95. The minimum Gasteiger partial charge on any atom is -0.508 e. The second kappa shape index (κ2) is 3.93. The molecule has 1 aromatic heterocycles. The molecule has 0 amide bonds. The summed E-state index contributed by atoms with van der Waals surface area (Å²) < 4.78 is 0. The molecular formula is C10H11N5O. The third-order valence-electron chi connectivity index (χ3n) is 2.07. The Bertz CT molecular complexity index is 566. The molecule has 2 aromatic rings. The molecular weight excluding hydrogens is 206 g/mol. The molecule has 0 aliphatic carbocycles. The van der Waals surface area contributed by atoms with Gasteiger partial charge >= 0.3 is 0 Å². The number of fused-ring (bicyclic) bond motifs is 1. The van der Waals surface area contributed by atoms with E-state index in [2.05, 4.69) is 15.2 Å². The van der Waals surface area contributed by atoms with Crippen LogP contribution in [0.15, 0.2) is 34.6 Å². The molecule has 1 heterocycles. The Morgan fingerprint density at radius 2 is 2.19 bits per heavy atom. The Hall–Kier alpha value is -2.50. The van der Waals surface area contributed by atoms with Crippen molar-refractivity contribution in [3.05, 3.63) is 30.0 Å². The minimum absolute atomic E-state index is 0.0982. The van der Waals surface area contributed by atoms with Gasteiger partial charge < -0.3 is 21.6 Å². The van der Waals surface area contributed by atoms with Gasteiger partial charge in [-0.1, -0.05) is 0 Å². The Morgan fingerprint density at radius 3 is 2.94 bits per heavy atom. The van der Waals surface area contributed by atoms with Crippen LogP contribution in [0.2, 0.25) is 0 Å². The van der Waals surface area contributed by atoms with E-state index in [1.165, 1.54) is 6.21 Å². The number of nitrogens with one attached hydrogen (secondary N) is 1. The number of rotatable bonds is 2. The number of aromatic hydroxyl groups is 1. The van der Waals surface area contributed by atoms with Gasteiger partial charge in [0.25, 0.3) is 0 Å². The van der Waals surface area contributed by atoms with Crippen molar-refractivity contribution >= 4 is 23.1 Å². The van der Waals surface area contributed by atoms with E-state index in [-0.39, 0.29) is 11.7 Å². The zero-order valence-corrected chi connectivity index (χ0v) is 8.38. The van der Waals surface area contributed by atoms with Crippen LogP contribution in [0.3, 0.4) is 0 Å². The second-order valence-corrected chi connectivity index (χ2v) is 3.24. The largest absolute Gasteiger partial charge is 0.508 e. The fraction of sp³-hybridized carbons (Fsp3) is 0. The highest BCUT2D eigenvalue weighted by molar-refractivity contribution is 5.99. The number of aromatic amines is 1. The molecule has 6 N–H and O–H groups in total. The van der Waals surface area contributed by atoms with Gasteiger partial charge in [0.2, 0.25) is 5.96 Å². The highest BCUT2D eigenvalue weighted by atomic mass is 16.3. The zero-order chi connectivity index (χ0) is 11.5. The van der Waals surface area contributed by atoms with Crippen LogP contribution in [0.4, 0.5) is 0 Å². The second-order valence-electron chi connectivity index (χ2n) is 3.24. The summed E-state index contributed by atoms with van der Waals surface area (Å²) in [6.07, 6.45) is 3.27. The fourth-order valence-corrected chi connectivity index (χ4v) is 1.39. The highest BCUT2D eigenvalue weighted by Crippen LogP contribution is 2.21. The molecule has 16 heavy (non-hydrogen) atoms. The SMILES string of the molecule is NC(N)=N/N=C/c1c[nH]c2ccc(O)cc12. The zero-order valence-electron chi connectivity index (χ0n) is 8.38. The number of nitrogens with two attached hydrogens (primary N) is 2. The van der Waals surface area contributed by atoms with Gasteiger partial charge in [0.15, 0.2) is 0 Å². The van der Waals surface area contributed by atoms with E-state index < -0.39 is 0 Å². The van der Waals surface area contributed by atoms with Gasteiger partial charge in [-0.15, -0.1) is 5.10 Å². The molecule has 0 saturated carbocycles. The molecule has 6 nitrogen and oxygen atoms in total. The minimum atomic E-state index is -0.0982. The lowest BCUT2D eigenvalue weighted by atomic mass is 10.2. The van der Waals surface area contributed by atoms with Gasteiger partial charge in [0, 0.05) is 22.7 Å². The first-order valence-corrected chi connectivity index (χ1v) is 4.59. The maximum atomic E-state index is 9.36. The average molecular weight is 217 g/mol. The summed E-state index contributed by atoms with van der Waals surface area (Å²) in [7, 11) is 0. The maximum Gasteiger partial charge on any atom is 0.211 e. The number of aromatic nitrogens is 1. The van der Waals surface area contributed by atoms with Crippen LogP contribution in [0.5, 0.6) is 5.75 Å². The van der Waals surface area contributed by atoms with E-state index in [4.69, 9.17) is 11.5 Å². The van der Waals surface area contributed by atoms with Crippen LogP contribution in [0, 0.1) is 0 Å². The Morgan fingerprint density at radius 1 is 1.38 bits per heavy atom. The van der Waals surface area contributed by atoms with Crippen LogP contribution >= 0.6 is 0 Å². The van der Waals surface area contributed by atoms with Crippen molar-refractivity contribution in [3.63, 3.8) is 0 Å². The van der Waals surface area contributed by atoms with E-state index in [0.29, 0.717) is 0 Å². The summed E-state index contributed by atoms with van der Waals surface area (Å²) in [5.74, 6) is 0.0996. The van der Waals surface area contributed by atoms with Gasteiger partial charge in [0.1, 0.15) is 5.75 Å². The summed E-state index contributed by atoms with van der Waals surface area (Å²) in [6.45, 7) is 0. The smallest absolute Gasteiger partial charge is 0.211 e. The van der Waals surface area contributed by atoms with Crippen LogP contribution in [0.25, 0.3) is 10.9 Å². The molecule has 0 atom stereocenters. The predicted molar refractivity (Wildman–Crippen MR) is 63.4 cm³/mol. The van der Waals surface area contributed by atoms with Gasteiger partial charge in [-0.25, -0.2) is 0 Å². The molecule has 2 rings (SSSR count). The summed E-state index contributed by atoms with van der Waals surface area (Å²) >= 11 is 0. The first kappa shape index (κ1) is 10.0. The van der Waals surface area contributed by atoms with Crippen molar-refractivity contribution in [2.75, 3.05) is 0 Å². The predicted octanol–water partition coefficient (Wildman–Crippen LogP) is 0.481. The van der Waals surface area contributed by atoms with Gasteiger partial charge in [-0.3, -0.25) is 0 Å². The molecule has 82 valence electrons. The Kier molecular flexibility index (Phi) is 2.47. The molecule has 6 heteroatoms. The molecule has 0 radical (unpaired) electrons. The molecule has 0 unspecified atom stereocenters. The molecule has 0 fully saturated rings. The summed E-state index contributed by atoms with van der Waals surface area (Å²) in [4.78, 5) is 3.04. The van der Waals surface area contributed by atoms with E-state index >= 15 is 0 Å². The Labute approximate surface area is 91.3 Å². The molecule has 1 aromatic carbocycles. The molecule has 0 saturated heterocycles. The Balaban J connectivity index is 2.41. The number of hydrogen-bond acceptors (Lipinski definition) is 3. The van der Waals surface area contributed by atoms with Gasteiger partial charge in [0.05, 0.1) is 6.21 Å². The topological polar surface area (TPSA) is 113 Å². The van der Waals surface area contributed by atoms with E-state index in [1.807, 2.05) is 0 Å². The number of guanidine groups is 1. The standard InChI is InChI=1S/C10H11N5O/c11-10(12)15-14-5-6-4-13-9-2-1-7(16)3-8(6)9/h1-5,13,16H,(H4,11,12,15)/b14-5+. The first-order valence-electron chi connectivity index (χ1n) is 4.59. The van der Waals surface area contributed by atoms with Crippen molar-refractivity contribution in [1.29, 1.82) is 0 Å². The van der Waals surface area contributed by atoms with Crippen LogP contribution in [-0.4, -0.2) is 22.3 Å². The van der Waals surface area contributed by atoms with Crippen molar-refractivity contribution in [3.8, 4) is 5.75 Å². The average Bonchev–Trinajstić information content (AvgIpc) is 2.60. The normalized spacial score (nSPS) is 11.0. The van der Waals surface area contributed by atoms with Crippen molar-refractivity contribution in [2.24, 2.45) is 21.7 Å². The maximum absolute atomic E-state index is 9.36. The lowest BCUT2D eigenvalue weighted by Crippen LogP contribution is -2.21. The van der Waals surface area contributed by atoms with E-state index in [0.717, 1.165) is 16.5 Å². The number of benzene rings is 1. The van der Waals surface area contributed by atoms with Crippen LogP contribution in [0.1, 0.15) is 5.56 Å². The van der Waals surface area contributed by atoms with Gasteiger partial charge in [-0.05, 0) is 18.2 Å². The summed E-state index contributed by atoms with van der Waals surface area (Å²) in [5.41, 5.74) is 12.0. The highest BCUT2D eigenvalue weighted by Gasteiger charge is 2.01.